The highest BCUT2D eigenvalue weighted by atomic mass is 35.5. The molecule has 0 aliphatic heterocycles. The minimum absolute atomic E-state index is 0.244. The number of thioether (sulfide) groups is 1. The molecule has 3 aromatic heterocycles. The monoisotopic (exact) mass is 413 g/mol. The Kier molecular flexibility index (Phi) is 5.95. The summed E-state index contributed by atoms with van der Waals surface area (Å²) in [5, 5.41) is 12.5. The Morgan fingerprint density at radius 1 is 1.48 bits per heavy atom. The lowest BCUT2D eigenvalue weighted by molar-refractivity contribution is -0.115. The van der Waals surface area contributed by atoms with Crippen LogP contribution in [0.1, 0.15) is 17.6 Å². The van der Waals surface area contributed by atoms with Gasteiger partial charge in [-0.15, -0.1) is 16.4 Å². The SMILES string of the molecule is CC(Sc1n[nH]c(Cc2cccs2)n1)C(=O)Nc1ncc(Cl)cc1Cl. The molecule has 0 fully saturated rings. The second-order valence-electron chi connectivity index (χ2n) is 5.05. The molecule has 6 nitrogen and oxygen atoms in total. The van der Waals surface area contributed by atoms with Crippen molar-refractivity contribution in [1.29, 1.82) is 0 Å². The van der Waals surface area contributed by atoms with Crippen LogP contribution in [-0.2, 0) is 11.2 Å². The molecule has 0 aromatic carbocycles. The summed E-state index contributed by atoms with van der Waals surface area (Å²) in [5.74, 6) is 0.795. The predicted molar refractivity (Wildman–Crippen MR) is 102 cm³/mol. The molecule has 0 radical (unpaired) electrons. The fourth-order valence-corrected chi connectivity index (χ4v) is 3.80. The molecule has 0 spiro atoms. The van der Waals surface area contributed by atoms with Gasteiger partial charge in [-0.2, -0.15) is 0 Å². The molecule has 2 N–H and O–H groups in total. The van der Waals surface area contributed by atoms with Gasteiger partial charge >= 0.3 is 0 Å². The van der Waals surface area contributed by atoms with E-state index in [-0.39, 0.29) is 16.7 Å². The second kappa shape index (κ2) is 8.18. The minimum atomic E-state index is -0.418. The van der Waals surface area contributed by atoms with Crippen LogP contribution in [-0.4, -0.2) is 31.3 Å². The van der Waals surface area contributed by atoms with Crippen molar-refractivity contribution >= 4 is 58.0 Å². The number of pyridine rings is 1. The molecule has 10 heteroatoms. The molecule has 0 bridgehead atoms. The number of amides is 1. The van der Waals surface area contributed by atoms with E-state index in [0.29, 0.717) is 16.6 Å². The van der Waals surface area contributed by atoms with E-state index in [1.165, 1.54) is 28.9 Å². The molecule has 0 saturated heterocycles. The Bertz CT molecular complexity index is 869. The average Bonchev–Trinajstić information content (AvgIpc) is 3.22. The molecular formula is C15H13Cl2N5OS2. The number of nitrogens with zero attached hydrogens (tertiary/aromatic N) is 3. The third kappa shape index (κ3) is 4.94. The fourth-order valence-electron chi connectivity index (χ4n) is 1.92. The van der Waals surface area contributed by atoms with Crippen LogP contribution in [0.25, 0.3) is 0 Å². The van der Waals surface area contributed by atoms with Crippen molar-refractivity contribution in [3.8, 4) is 0 Å². The Morgan fingerprint density at radius 3 is 3.04 bits per heavy atom. The summed E-state index contributed by atoms with van der Waals surface area (Å²) in [7, 11) is 0. The maximum atomic E-state index is 12.3. The van der Waals surface area contributed by atoms with Crippen LogP contribution in [0.3, 0.4) is 0 Å². The molecule has 3 heterocycles. The Morgan fingerprint density at radius 2 is 2.32 bits per heavy atom. The van der Waals surface area contributed by atoms with E-state index in [1.807, 2.05) is 17.5 Å². The molecule has 1 unspecified atom stereocenters. The number of hydrogen-bond acceptors (Lipinski definition) is 6. The van der Waals surface area contributed by atoms with Crippen LogP contribution in [0.15, 0.2) is 34.9 Å². The summed E-state index contributed by atoms with van der Waals surface area (Å²) in [6, 6.07) is 5.56. The summed E-state index contributed by atoms with van der Waals surface area (Å²) < 4.78 is 0. The molecule has 0 aliphatic rings. The number of anilines is 1. The third-order valence-electron chi connectivity index (χ3n) is 3.13. The van der Waals surface area contributed by atoms with Crippen molar-refractivity contribution in [3.63, 3.8) is 0 Å². The van der Waals surface area contributed by atoms with E-state index in [0.717, 1.165) is 5.82 Å². The summed E-state index contributed by atoms with van der Waals surface area (Å²) >= 11 is 14.7. The smallest absolute Gasteiger partial charge is 0.238 e. The lowest BCUT2D eigenvalue weighted by Gasteiger charge is -2.10. The summed E-state index contributed by atoms with van der Waals surface area (Å²) in [6.07, 6.45) is 2.11. The molecule has 25 heavy (non-hydrogen) atoms. The quantitative estimate of drug-likeness (QED) is 0.589. The number of rotatable bonds is 6. The first-order valence-corrected chi connectivity index (χ1v) is 9.75. The number of aromatic nitrogens is 4. The molecule has 1 amide bonds. The number of H-pyrrole nitrogens is 1. The van der Waals surface area contributed by atoms with Gasteiger partial charge in [0.2, 0.25) is 11.1 Å². The zero-order valence-corrected chi connectivity index (χ0v) is 16.1. The van der Waals surface area contributed by atoms with Crippen molar-refractivity contribution in [1.82, 2.24) is 20.2 Å². The van der Waals surface area contributed by atoms with Gasteiger partial charge in [-0.25, -0.2) is 9.97 Å². The molecule has 3 rings (SSSR count). The third-order valence-corrected chi connectivity index (χ3v) is 5.47. The first-order valence-electron chi connectivity index (χ1n) is 7.23. The van der Waals surface area contributed by atoms with E-state index in [4.69, 9.17) is 23.2 Å². The second-order valence-corrected chi connectivity index (χ2v) is 8.24. The van der Waals surface area contributed by atoms with Crippen molar-refractivity contribution in [3.05, 3.63) is 50.5 Å². The molecule has 1 atom stereocenters. The van der Waals surface area contributed by atoms with Crippen LogP contribution in [0.2, 0.25) is 10.0 Å². The van der Waals surface area contributed by atoms with Crippen LogP contribution in [0.4, 0.5) is 5.82 Å². The standard InChI is InChI=1S/C15H13Cl2N5OS2/c1-8(14(23)20-13-11(17)5-9(16)7-18-13)25-15-19-12(21-22-15)6-10-3-2-4-24-10/h2-5,7-8H,6H2,1H3,(H,18,20,23)(H,19,21,22). The minimum Gasteiger partial charge on any atom is -0.308 e. The zero-order valence-electron chi connectivity index (χ0n) is 13.0. The highest BCUT2D eigenvalue weighted by Gasteiger charge is 2.19. The molecule has 0 saturated carbocycles. The number of thiophene rings is 1. The fraction of sp³-hybridized carbons (Fsp3) is 0.200. The van der Waals surface area contributed by atoms with E-state index < -0.39 is 5.25 Å². The normalized spacial score (nSPS) is 12.1. The highest BCUT2D eigenvalue weighted by Crippen LogP contribution is 2.25. The van der Waals surface area contributed by atoms with Crippen molar-refractivity contribution in [2.75, 3.05) is 5.32 Å². The average molecular weight is 414 g/mol. The number of aromatic amines is 1. The van der Waals surface area contributed by atoms with Gasteiger partial charge in [0, 0.05) is 17.5 Å². The van der Waals surface area contributed by atoms with Gasteiger partial charge in [0.1, 0.15) is 5.82 Å². The van der Waals surface area contributed by atoms with Gasteiger partial charge in [-0.3, -0.25) is 9.89 Å². The van der Waals surface area contributed by atoms with Crippen molar-refractivity contribution < 1.29 is 4.79 Å². The first kappa shape index (κ1) is 18.2. The Hall–Kier alpha value is -1.61. The lowest BCUT2D eigenvalue weighted by Crippen LogP contribution is -2.23. The zero-order chi connectivity index (χ0) is 17.8. The van der Waals surface area contributed by atoms with Gasteiger partial charge in [0.05, 0.1) is 15.3 Å². The highest BCUT2D eigenvalue weighted by molar-refractivity contribution is 8.00. The Balaban J connectivity index is 1.58. The molecule has 3 aromatic rings. The van der Waals surface area contributed by atoms with Gasteiger partial charge in [-0.05, 0) is 24.4 Å². The lowest BCUT2D eigenvalue weighted by atomic mass is 10.3. The molecule has 130 valence electrons. The van der Waals surface area contributed by atoms with Crippen LogP contribution in [0, 0.1) is 0 Å². The summed E-state index contributed by atoms with van der Waals surface area (Å²) in [5.41, 5.74) is 0. The number of carbonyl (C=O) groups is 1. The summed E-state index contributed by atoms with van der Waals surface area (Å²) in [6.45, 7) is 1.76. The predicted octanol–water partition coefficient (Wildman–Crippen LogP) is 4.28. The number of halogens is 2. The first-order chi connectivity index (χ1) is 12.0. The van der Waals surface area contributed by atoms with Gasteiger partial charge in [0.15, 0.2) is 5.82 Å². The van der Waals surface area contributed by atoms with Crippen LogP contribution >= 0.6 is 46.3 Å². The van der Waals surface area contributed by atoms with Crippen molar-refractivity contribution in [2.45, 2.75) is 23.8 Å². The van der Waals surface area contributed by atoms with Gasteiger partial charge in [-0.1, -0.05) is 41.0 Å². The summed E-state index contributed by atoms with van der Waals surface area (Å²) in [4.78, 5) is 21.9. The number of carbonyl (C=O) groups excluding carboxylic acids is 1. The maximum absolute atomic E-state index is 12.3. The van der Waals surface area contributed by atoms with Gasteiger partial charge < -0.3 is 5.32 Å². The number of nitrogens with one attached hydrogen (secondary N) is 2. The topological polar surface area (TPSA) is 83.6 Å². The Labute approximate surface area is 162 Å². The van der Waals surface area contributed by atoms with Gasteiger partial charge in [0.25, 0.3) is 0 Å². The maximum Gasteiger partial charge on any atom is 0.238 e. The van der Waals surface area contributed by atoms with E-state index in [2.05, 4.69) is 25.5 Å². The van der Waals surface area contributed by atoms with E-state index in [1.54, 1.807) is 18.3 Å². The van der Waals surface area contributed by atoms with Crippen LogP contribution in [0.5, 0.6) is 0 Å². The van der Waals surface area contributed by atoms with E-state index >= 15 is 0 Å². The largest absolute Gasteiger partial charge is 0.308 e. The molecule has 0 aliphatic carbocycles. The van der Waals surface area contributed by atoms with E-state index in [9.17, 15) is 4.79 Å². The van der Waals surface area contributed by atoms with Crippen molar-refractivity contribution in [2.24, 2.45) is 0 Å². The molecular weight excluding hydrogens is 401 g/mol. The number of hydrogen-bond donors (Lipinski definition) is 2. The van der Waals surface area contributed by atoms with Crippen LogP contribution < -0.4 is 5.32 Å².